The van der Waals surface area contributed by atoms with Gasteiger partial charge in [0.25, 0.3) is 0 Å². The average Bonchev–Trinajstić information content (AvgIpc) is 2.52. The van der Waals surface area contributed by atoms with E-state index in [1.54, 1.807) is 0 Å². The van der Waals surface area contributed by atoms with Gasteiger partial charge < -0.3 is 0 Å². The lowest BCUT2D eigenvalue weighted by molar-refractivity contribution is 1.07. The molecule has 0 heterocycles. The van der Waals surface area contributed by atoms with Crippen LogP contribution in [-0.4, -0.2) is 12.4 Å². The summed E-state index contributed by atoms with van der Waals surface area (Å²) in [5.41, 5.74) is 4.05. The number of nitrogens with zero attached hydrogens (tertiary/aromatic N) is 2. The van der Waals surface area contributed by atoms with Gasteiger partial charge in [-0.05, 0) is 25.3 Å². The van der Waals surface area contributed by atoms with Gasteiger partial charge in [-0.3, -0.25) is 9.98 Å². The van der Waals surface area contributed by atoms with Gasteiger partial charge in [0.2, 0.25) is 0 Å². The minimum atomic E-state index is 0.683. The lowest BCUT2D eigenvalue weighted by atomic mass is 10.1. The van der Waals surface area contributed by atoms with Gasteiger partial charge in [0, 0.05) is 11.3 Å². The van der Waals surface area contributed by atoms with E-state index in [4.69, 9.17) is 0 Å². The molecule has 20 heavy (non-hydrogen) atoms. The van der Waals surface area contributed by atoms with Crippen LogP contribution in [0.4, 0.5) is 0 Å². The minimum Gasteiger partial charge on any atom is -0.285 e. The van der Waals surface area contributed by atoms with Crippen molar-refractivity contribution in [2.75, 3.05) is 0 Å². The molecule has 0 radical (unpaired) electrons. The van der Waals surface area contributed by atoms with Crippen molar-refractivity contribution in [2.24, 2.45) is 9.98 Å². The third kappa shape index (κ3) is 4.02. The smallest absolute Gasteiger partial charge is 0.0712 e. The monoisotopic (exact) mass is 262 g/mol. The molecule has 0 aliphatic rings. The Morgan fingerprint density at radius 2 is 1.60 bits per heavy atom. The molecule has 2 rings (SSSR count). The Morgan fingerprint density at radius 3 is 2.20 bits per heavy atom. The van der Waals surface area contributed by atoms with E-state index < -0.39 is 0 Å². The molecule has 2 aromatic rings. The normalized spacial score (nSPS) is 12.2. The zero-order chi connectivity index (χ0) is 14.2. The van der Waals surface area contributed by atoms with Crippen LogP contribution >= 0.6 is 0 Å². The molecule has 0 aliphatic heterocycles. The van der Waals surface area contributed by atoms with E-state index in [0.29, 0.717) is 6.54 Å². The summed E-state index contributed by atoms with van der Waals surface area (Å²) in [6, 6.07) is 20.2. The van der Waals surface area contributed by atoms with E-state index >= 15 is 0 Å². The predicted molar refractivity (Wildman–Crippen MR) is 87.2 cm³/mol. The summed E-state index contributed by atoms with van der Waals surface area (Å²) in [5.74, 6) is 0. The highest BCUT2D eigenvalue weighted by Crippen LogP contribution is 2.15. The number of benzene rings is 2. The molecule has 0 N–H and O–H groups in total. The number of rotatable bonds is 5. The molecule has 0 fully saturated rings. The van der Waals surface area contributed by atoms with E-state index in [1.807, 2.05) is 61.5 Å². The third-order valence-electron chi connectivity index (χ3n) is 2.94. The van der Waals surface area contributed by atoms with E-state index in [2.05, 4.69) is 28.8 Å². The molecule has 2 heteroatoms. The SMILES string of the molecule is C=N/C(=C\C(C)=NCc1ccccc1)c1ccccc1. The first-order valence-electron chi connectivity index (χ1n) is 6.58. The fraction of sp³-hybridized carbons (Fsp3) is 0.111. The summed E-state index contributed by atoms with van der Waals surface area (Å²) in [7, 11) is 0. The Labute approximate surface area is 120 Å². The van der Waals surface area contributed by atoms with Crippen LogP contribution in [0.1, 0.15) is 18.1 Å². The third-order valence-corrected chi connectivity index (χ3v) is 2.94. The first-order chi connectivity index (χ1) is 9.79. The van der Waals surface area contributed by atoms with Crippen molar-refractivity contribution in [1.29, 1.82) is 0 Å². The summed E-state index contributed by atoms with van der Waals surface area (Å²) < 4.78 is 0. The van der Waals surface area contributed by atoms with Crippen molar-refractivity contribution in [3.8, 4) is 0 Å². The molecule has 0 spiro atoms. The van der Waals surface area contributed by atoms with Crippen LogP contribution in [-0.2, 0) is 6.54 Å². The summed E-state index contributed by atoms with van der Waals surface area (Å²) in [6.45, 7) is 6.30. The quantitative estimate of drug-likeness (QED) is 0.714. The largest absolute Gasteiger partial charge is 0.285 e. The van der Waals surface area contributed by atoms with Gasteiger partial charge in [0.05, 0.1) is 12.2 Å². The summed E-state index contributed by atoms with van der Waals surface area (Å²) in [6.07, 6.45) is 1.96. The Bertz CT molecular complexity index is 610. The summed E-state index contributed by atoms with van der Waals surface area (Å²) >= 11 is 0. The zero-order valence-electron chi connectivity index (χ0n) is 11.7. The topological polar surface area (TPSA) is 24.7 Å². The molecule has 0 saturated carbocycles. The fourth-order valence-corrected chi connectivity index (χ4v) is 1.87. The average molecular weight is 262 g/mol. The van der Waals surface area contributed by atoms with Crippen LogP contribution in [0, 0.1) is 0 Å². The van der Waals surface area contributed by atoms with Gasteiger partial charge in [-0.25, -0.2) is 0 Å². The van der Waals surface area contributed by atoms with Crippen LogP contribution in [0.2, 0.25) is 0 Å². The predicted octanol–water partition coefficient (Wildman–Crippen LogP) is 4.39. The summed E-state index contributed by atoms with van der Waals surface area (Å²) in [5, 5.41) is 0. The maximum atomic E-state index is 4.56. The Balaban J connectivity index is 2.13. The Morgan fingerprint density at radius 1 is 1.00 bits per heavy atom. The molecule has 0 bridgehead atoms. The Hall–Kier alpha value is -2.48. The maximum absolute atomic E-state index is 4.56. The molecule has 0 aliphatic carbocycles. The van der Waals surface area contributed by atoms with Crippen LogP contribution < -0.4 is 0 Å². The Kier molecular flexibility index (Phi) is 5.01. The van der Waals surface area contributed by atoms with Crippen molar-refractivity contribution >= 4 is 18.1 Å². The zero-order valence-corrected chi connectivity index (χ0v) is 11.7. The molecule has 0 amide bonds. The lowest BCUT2D eigenvalue weighted by Gasteiger charge is -2.02. The molecule has 2 aromatic carbocycles. The highest BCUT2D eigenvalue weighted by Gasteiger charge is 1.98. The second-order valence-corrected chi connectivity index (χ2v) is 4.50. The van der Waals surface area contributed by atoms with Crippen molar-refractivity contribution in [3.63, 3.8) is 0 Å². The van der Waals surface area contributed by atoms with E-state index in [9.17, 15) is 0 Å². The van der Waals surface area contributed by atoms with Gasteiger partial charge >= 0.3 is 0 Å². The highest BCUT2D eigenvalue weighted by atomic mass is 14.7. The van der Waals surface area contributed by atoms with Crippen molar-refractivity contribution < 1.29 is 0 Å². The van der Waals surface area contributed by atoms with Gasteiger partial charge in [0.15, 0.2) is 0 Å². The number of aliphatic imine (C=N–C) groups is 2. The van der Waals surface area contributed by atoms with Crippen LogP contribution in [0.5, 0.6) is 0 Å². The molecule has 0 atom stereocenters. The number of hydrogen-bond donors (Lipinski definition) is 0. The van der Waals surface area contributed by atoms with E-state index in [1.165, 1.54) is 5.56 Å². The molecular formula is C18H18N2. The molecule has 0 unspecified atom stereocenters. The van der Waals surface area contributed by atoms with E-state index in [-0.39, 0.29) is 0 Å². The second kappa shape index (κ2) is 7.19. The number of hydrogen-bond acceptors (Lipinski definition) is 2. The maximum Gasteiger partial charge on any atom is 0.0712 e. The first-order valence-corrected chi connectivity index (χ1v) is 6.58. The fourth-order valence-electron chi connectivity index (χ4n) is 1.87. The van der Waals surface area contributed by atoms with Crippen LogP contribution in [0.25, 0.3) is 5.70 Å². The second-order valence-electron chi connectivity index (χ2n) is 4.50. The molecule has 2 nitrogen and oxygen atoms in total. The van der Waals surface area contributed by atoms with Crippen LogP contribution in [0.3, 0.4) is 0 Å². The standard InChI is InChI=1S/C18H18N2/c1-15(20-14-16-9-5-3-6-10-16)13-18(19-2)17-11-7-4-8-12-17/h3-13H,2,14H2,1H3/b18-13-,20-15?. The van der Waals surface area contributed by atoms with Gasteiger partial charge in [-0.15, -0.1) is 0 Å². The van der Waals surface area contributed by atoms with Crippen LogP contribution in [0.15, 0.2) is 76.7 Å². The first kappa shape index (κ1) is 13.9. The highest BCUT2D eigenvalue weighted by molar-refractivity contribution is 5.99. The lowest BCUT2D eigenvalue weighted by Crippen LogP contribution is -1.91. The van der Waals surface area contributed by atoms with Crippen molar-refractivity contribution in [2.45, 2.75) is 13.5 Å². The van der Waals surface area contributed by atoms with Gasteiger partial charge in [-0.1, -0.05) is 60.7 Å². The van der Waals surface area contributed by atoms with Gasteiger partial charge in [-0.2, -0.15) is 0 Å². The molecule has 0 aromatic heterocycles. The molecular weight excluding hydrogens is 244 g/mol. The van der Waals surface area contributed by atoms with Crippen molar-refractivity contribution in [3.05, 3.63) is 77.9 Å². The summed E-state index contributed by atoms with van der Waals surface area (Å²) in [4.78, 5) is 8.64. The molecule has 0 saturated heterocycles. The van der Waals surface area contributed by atoms with Gasteiger partial charge in [0.1, 0.15) is 0 Å². The molecule has 100 valence electrons. The van der Waals surface area contributed by atoms with E-state index in [0.717, 1.165) is 17.0 Å². The minimum absolute atomic E-state index is 0.683. The number of allylic oxidation sites excluding steroid dienone is 1. The van der Waals surface area contributed by atoms with Crippen molar-refractivity contribution in [1.82, 2.24) is 0 Å².